The number of carbonyl (C=O) groups excluding carboxylic acids is 2. The zero-order valence-electron chi connectivity index (χ0n) is 17.1. The van der Waals surface area contributed by atoms with Crippen LogP contribution in [0.15, 0.2) is 41.6 Å². The lowest BCUT2D eigenvalue weighted by atomic mass is 10.2. The van der Waals surface area contributed by atoms with Gasteiger partial charge in [-0.25, -0.2) is 0 Å². The first kappa shape index (κ1) is 21.5. The fraction of sp³-hybridized carbons (Fsp3) is 0.333. The molecule has 3 heterocycles. The molecule has 1 amide bonds. The largest absolute Gasteiger partial charge is 0.378 e. The summed E-state index contributed by atoms with van der Waals surface area (Å²) < 4.78 is 7.47. The summed E-state index contributed by atoms with van der Waals surface area (Å²) in [5.41, 5.74) is 7.33. The number of hydrogen-bond donors (Lipinski definition) is 1. The van der Waals surface area contributed by atoms with E-state index in [4.69, 9.17) is 10.5 Å². The predicted molar refractivity (Wildman–Crippen MR) is 121 cm³/mol. The van der Waals surface area contributed by atoms with Crippen LogP contribution in [0.25, 0.3) is 5.69 Å². The number of amides is 1. The molecule has 1 saturated heterocycles. The standard InChI is InChI=1S/C21H23N5O3S2/c1-14-3-2-4-15(11-14)26-20(25-7-9-29-10-8-25)23-24-21(26)30-13-17(27)18-6-5-16(31-18)12-19(22)28/h2-6,11H,7-10,12-13H2,1H3,(H2,22,28). The highest BCUT2D eigenvalue weighted by molar-refractivity contribution is 7.99. The van der Waals surface area contributed by atoms with Gasteiger partial charge in [0, 0.05) is 18.0 Å². The highest BCUT2D eigenvalue weighted by atomic mass is 32.2. The third-order valence-corrected chi connectivity index (χ3v) is 6.84. The zero-order valence-corrected chi connectivity index (χ0v) is 18.7. The van der Waals surface area contributed by atoms with Gasteiger partial charge in [-0.3, -0.25) is 14.2 Å². The summed E-state index contributed by atoms with van der Waals surface area (Å²) >= 11 is 2.66. The summed E-state index contributed by atoms with van der Waals surface area (Å²) in [4.78, 5) is 27.4. The molecule has 4 rings (SSSR count). The summed E-state index contributed by atoms with van der Waals surface area (Å²) in [5.74, 6) is 0.558. The van der Waals surface area contributed by atoms with Crippen LogP contribution >= 0.6 is 23.1 Å². The summed E-state index contributed by atoms with van der Waals surface area (Å²) in [7, 11) is 0. The number of morpholine rings is 1. The van der Waals surface area contributed by atoms with Gasteiger partial charge in [0.15, 0.2) is 10.9 Å². The average Bonchev–Trinajstić information content (AvgIpc) is 3.39. The van der Waals surface area contributed by atoms with E-state index in [2.05, 4.69) is 21.2 Å². The molecule has 3 aromatic rings. The Balaban J connectivity index is 1.56. The number of aryl methyl sites for hydroxylation is 1. The minimum atomic E-state index is -0.405. The second kappa shape index (κ2) is 9.63. The third kappa shape index (κ3) is 5.15. The van der Waals surface area contributed by atoms with Gasteiger partial charge in [0.05, 0.1) is 36.0 Å². The van der Waals surface area contributed by atoms with Crippen molar-refractivity contribution in [3.63, 3.8) is 0 Å². The molecule has 0 aliphatic carbocycles. The minimum Gasteiger partial charge on any atom is -0.378 e. The van der Waals surface area contributed by atoms with Gasteiger partial charge in [-0.15, -0.1) is 21.5 Å². The quantitative estimate of drug-likeness (QED) is 0.409. The smallest absolute Gasteiger partial charge is 0.232 e. The molecule has 2 N–H and O–H groups in total. The second-order valence-electron chi connectivity index (χ2n) is 7.18. The van der Waals surface area contributed by atoms with E-state index in [-0.39, 0.29) is 18.0 Å². The molecular formula is C21H23N5O3S2. The third-order valence-electron chi connectivity index (χ3n) is 4.79. The van der Waals surface area contributed by atoms with Gasteiger partial charge in [0.25, 0.3) is 0 Å². The maximum Gasteiger partial charge on any atom is 0.232 e. The average molecular weight is 458 g/mol. The van der Waals surface area contributed by atoms with Crippen molar-refractivity contribution in [2.24, 2.45) is 5.73 Å². The van der Waals surface area contributed by atoms with E-state index in [0.717, 1.165) is 35.2 Å². The number of Topliss-reactive ketones (excluding diaryl/α,β-unsaturated/α-hetero) is 1. The molecule has 1 aliphatic rings. The van der Waals surface area contributed by atoms with Crippen LogP contribution < -0.4 is 10.6 Å². The number of nitrogens with zero attached hydrogens (tertiary/aromatic N) is 4. The second-order valence-corrected chi connectivity index (χ2v) is 9.29. The Bertz CT molecular complexity index is 1090. The molecule has 0 radical (unpaired) electrons. The summed E-state index contributed by atoms with van der Waals surface area (Å²) in [6.45, 7) is 4.82. The van der Waals surface area contributed by atoms with Crippen molar-refractivity contribution in [2.45, 2.75) is 18.5 Å². The number of primary amides is 1. The van der Waals surface area contributed by atoms with Gasteiger partial charge in [0.1, 0.15) is 0 Å². The Labute approximate surface area is 188 Å². The molecule has 162 valence electrons. The van der Waals surface area contributed by atoms with Crippen molar-refractivity contribution in [2.75, 3.05) is 37.0 Å². The van der Waals surface area contributed by atoms with E-state index >= 15 is 0 Å². The van der Waals surface area contributed by atoms with Crippen molar-refractivity contribution in [1.29, 1.82) is 0 Å². The normalized spacial score (nSPS) is 14.0. The summed E-state index contributed by atoms with van der Waals surface area (Å²) in [5, 5.41) is 9.49. The van der Waals surface area contributed by atoms with Crippen LogP contribution in [0.1, 0.15) is 20.1 Å². The number of aromatic nitrogens is 3. The predicted octanol–water partition coefficient (Wildman–Crippen LogP) is 2.48. The molecule has 0 atom stereocenters. The highest BCUT2D eigenvalue weighted by Crippen LogP contribution is 2.29. The summed E-state index contributed by atoms with van der Waals surface area (Å²) in [6, 6.07) is 11.7. The van der Waals surface area contributed by atoms with Crippen LogP contribution in [0.3, 0.4) is 0 Å². The Morgan fingerprint density at radius 2 is 2.00 bits per heavy atom. The van der Waals surface area contributed by atoms with Gasteiger partial charge < -0.3 is 15.4 Å². The van der Waals surface area contributed by atoms with E-state index in [0.29, 0.717) is 23.2 Å². The Hall–Kier alpha value is -2.69. The molecule has 0 unspecified atom stereocenters. The van der Waals surface area contributed by atoms with E-state index in [1.54, 1.807) is 12.1 Å². The molecular weight excluding hydrogens is 434 g/mol. The Kier molecular flexibility index (Phi) is 6.69. The number of rotatable bonds is 8. The Morgan fingerprint density at radius 3 is 2.74 bits per heavy atom. The summed E-state index contributed by atoms with van der Waals surface area (Å²) in [6.07, 6.45) is 0.148. The van der Waals surface area contributed by atoms with Crippen LogP contribution in [0.5, 0.6) is 0 Å². The zero-order chi connectivity index (χ0) is 21.8. The van der Waals surface area contributed by atoms with Crippen LogP contribution in [0.4, 0.5) is 5.95 Å². The maximum absolute atomic E-state index is 12.7. The number of anilines is 1. The number of ether oxygens (including phenoxy) is 1. The van der Waals surface area contributed by atoms with Gasteiger partial charge in [-0.1, -0.05) is 23.9 Å². The van der Waals surface area contributed by atoms with E-state index < -0.39 is 5.91 Å². The number of nitrogens with two attached hydrogens (primary N) is 1. The maximum atomic E-state index is 12.7. The van der Waals surface area contributed by atoms with E-state index in [9.17, 15) is 9.59 Å². The van der Waals surface area contributed by atoms with Crippen LogP contribution in [0.2, 0.25) is 0 Å². The molecule has 31 heavy (non-hydrogen) atoms. The number of thiophene rings is 1. The number of hydrogen-bond acceptors (Lipinski definition) is 8. The lowest BCUT2D eigenvalue weighted by Crippen LogP contribution is -2.37. The van der Waals surface area contributed by atoms with Gasteiger partial charge in [-0.05, 0) is 36.8 Å². The van der Waals surface area contributed by atoms with Crippen molar-refractivity contribution < 1.29 is 14.3 Å². The van der Waals surface area contributed by atoms with Crippen LogP contribution in [0, 0.1) is 6.92 Å². The minimum absolute atomic E-state index is 0.0163. The fourth-order valence-corrected chi connectivity index (χ4v) is 5.19. The molecule has 1 aliphatic heterocycles. The van der Waals surface area contributed by atoms with Gasteiger partial charge in [0.2, 0.25) is 11.9 Å². The van der Waals surface area contributed by atoms with E-state index in [1.807, 2.05) is 29.7 Å². The number of carbonyl (C=O) groups is 2. The monoisotopic (exact) mass is 457 g/mol. The molecule has 1 fully saturated rings. The Morgan fingerprint density at radius 1 is 1.19 bits per heavy atom. The first-order chi connectivity index (χ1) is 15.0. The lowest BCUT2D eigenvalue weighted by molar-refractivity contribution is -0.117. The van der Waals surface area contributed by atoms with Crippen molar-refractivity contribution in [1.82, 2.24) is 14.8 Å². The first-order valence-electron chi connectivity index (χ1n) is 9.89. The van der Waals surface area contributed by atoms with Crippen molar-refractivity contribution in [3.8, 4) is 5.69 Å². The number of thioether (sulfide) groups is 1. The molecule has 0 bridgehead atoms. The van der Waals surface area contributed by atoms with E-state index in [1.165, 1.54) is 23.1 Å². The van der Waals surface area contributed by atoms with Crippen molar-refractivity contribution >= 4 is 40.7 Å². The SMILES string of the molecule is Cc1cccc(-n2c(SCC(=O)c3ccc(CC(N)=O)s3)nnc2N2CCOCC2)c1. The van der Waals surface area contributed by atoms with Crippen LogP contribution in [-0.2, 0) is 16.0 Å². The van der Waals surface area contributed by atoms with Gasteiger partial charge >= 0.3 is 0 Å². The lowest BCUT2D eigenvalue weighted by Gasteiger charge is -2.28. The van der Waals surface area contributed by atoms with Crippen LogP contribution in [-0.4, -0.2) is 58.5 Å². The number of ketones is 1. The molecule has 1 aromatic carbocycles. The number of benzene rings is 1. The molecule has 10 heteroatoms. The molecule has 8 nitrogen and oxygen atoms in total. The van der Waals surface area contributed by atoms with Gasteiger partial charge in [-0.2, -0.15) is 0 Å². The molecule has 0 spiro atoms. The molecule has 0 saturated carbocycles. The van der Waals surface area contributed by atoms with Crippen molar-refractivity contribution in [3.05, 3.63) is 51.7 Å². The highest BCUT2D eigenvalue weighted by Gasteiger charge is 2.23. The topological polar surface area (TPSA) is 103 Å². The molecule has 2 aromatic heterocycles. The first-order valence-corrected chi connectivity index (χ1v) is 11.7. The fourth-order valence-electron chi connectivity index (χ4n) is 3.31.